The van der Waals surface area contributed by atoms with Gasteiger partial charge in [-0.15, -0.1) is 0 Å². The molecular weight excluding hydrogens is 430 g/mol. The Kier molecular flexibility index (Phi) is 6.37. The van der Waals surface area contributed by atoms with Crippen LogP contribution in [0.3, 0.4) is 0 Å². The highest BCUT2D eigenvalue weighted by Crippen LogP contribution is 2.29. The third-order valence-electron chi connectivity index (χ3n) is 4.76. The number of rotatable bonds is 6. The molecule has 0 aliphatic carbocycles. The summed E-state index contributed by atoms with van der Waals surface area (Å²) in [7, 11) is 1.50. The number of benzene rings is 1. The van der Waals surface area contributed by atoms with E-state index in [2.05, 4.69) is 29.9 Å². The highest BCUT2D eigenvalue weighted by atomic mass is 32.1. The zero-order valence-electron chi connectivity index (χ0n) is 16.6. The number of carbonyl (C=O) groups excluding carboxylic acids is 1. The summed E-state index contributed by atoms with van der Waals surface area (Å²) in [6, 6.07) is 6.42. The maximum Gasteiger partial charge on any atom is 0.387 e. The first-order valence-electron chi connectivity index (χ1n) is 9.49. The van der Waals surface area contributed by atoms with Crippen LogP contribution < -0.4 is 14.8 Å². The minimum absolute atomic E-state index is 0.141. The molecule has 0 radical (unpaired) electrons. The van der Waals surface area contributed by atoms with E-state index in [-0.39, 0.29) is 11.8 Å². The number of thiazole rings is 1. The Morgan fingerprint density at radius 2 is 2.06 bits per heavy atom. The van der Waals surface area contributed by atoms with Gasteiger partial charge in [0.1, 0.15) is 12.1 Å². The van der Waals surface area contributed by atoms with E-state index in [1.807, 2.05) is 6.07 Å². The van der Waals surface area contributed by atoms with Crippen molar-refractivity contribution in [3.63, 3.8) is 0 Å². The second-order valence-electron chi connectivity index (χ2n) is 6.77. The molecule has 0 saturated carbocycles. The summed E-state index contributed by atoms with van der Waals surface area (Å²) in [5.74, 6) is 0.501. The maximum absolute atomic E-state index is 12.6. The van der Waals surface area contributed by atoms with E-state index in [1.54, 1.807) is 17.0 Å². The van der Waals surface area contributed by atoms with Crippen LogP contribution in [0.15, 0.2) is 30.6 Å². The van der Waals surface area contributed by atoms with Gasteiger partial charge in [-0.2, -0.15) is 13.8 Å². The van der Waals surface area contributed by atoms with E-state index < -0.39 is 6.61 Å². The number of alkyl halides is 2. The fourth-order valence-electron chi connectivity index (χ4n) is 3.29. The maximum atomic E-state index is 12.6. The fourth-order valence-corrected chi connectivity index (χ4v) is 4.08. The largest absolute Gasteiger partial charge is 0.479 e. The van der Waals surface area contributed by atoms with Crippen molar-refractivity contribution in [2.75, 3.05) is 38.6 Å². The van der Waals surface area contributed by atoms with E-state index in [1.165, 1.54) is 30.8 Å². The van der Waals surface area contributed by atoms with E-state index in [0.717, 1.165) is 5.56 Å². The van der Waals surface area contributed by atoms with Crippen molar-refractivity contribution in [1.82, 2.24) is 24.8 Å². The quantitative estimate of drug-likeness (QED) is 0.617. The summed E-state index contributed by atoms with van der Waals surface area (Å²) >= 11 is 1.25. The Bertz CT molecular complexity index is 1060. The monoisotopic (exact) mass is 450 g/mol. The van der Waals surface area contributed by atoms with Crippen molar-refractivity contribution in [3.8, 4) is 11.6 Å². The number of urea groups is 1. The molecule has 0 bridgehead atoms. The van der Waals surface area contributed by atoms with Gasteiger partial charge < -0.3 is 14.4 Å². The van der Waals surface area contributed by atoms with Gasteiger partial charge in [0.2, 0.25) is 5.88 Å². The van der Waals surface area contributed by atoms with Crippen LogP contribution in [0.25, 0.3) is 10.3 Å². The van der Waals surface area contributed by atoms with Crippen molar-refractivity contribution < 1.29 is 23.0 Å². The Hall–Kier alpha value is -3.12. The second-order valence-corrected chi connectivity index (χ2v) is 7.75. The van der Waals surface area contributed by atoms with Crippen molar-refractivity contribution in [2.45, 2.75) is 13.2 Å². The van der Waals surface area contributed by atoms with E-state index >= 15 is 0 Å². The molecule has 1 aromatic carbocycles. The van der Waals surface area contributed by atoms with Crippen LogP contribution in [0.1, 0.15) is 5.56 Å². The number of anilines is 1. The van der Waals surface area contributed by atoms with Gasteiger partial charge in [0.25, 0.3) is 0 Å². The number of carbonyl (C=O) groups is 1. The number of fused-ring (bicyclic) bond motifs is 1. The van der Waals surface area contributed by atoms with Gasteiger partial charge in [0.05, 0.1) is 7.11 Å². The Morgan fingerprint density at radius 3 is 2.81 bits per heavy atom. The molecule has 12 heteroatoms. The third kappa shape index (κ3) is 5.14. The molecule has 9 nitrogen and oxygen atoms in total. The SMILES string of the molecule is COc1ncnc2sc(NC(=O)N3CCN(Cc4cccc(OC(F)F)c4)CC3)nc12. The molecule has 0 atom stereocenters. The van der Waals surface area contributed by atoms with Crippen LogP contribution in [0, 0.1) is 0 Å². The van der Waals surface area contributed by atoms with E-state index in [0.29, 0.717) is 54.1 Å². The number of nitrogens with zero attached hydrogens (tertiary/aromatic N) is 5. The number of ether oxygens (including phenoxy) is 2. The predicted octanol–water partition coefficient (Wildman–Crippen LogP) is 3.05. The number of halogens is 2. The first-order valence-corrected chi connectivity index (χ1v) is 10.3. The predicted molar refractivity (Wildman–Crippen MR) is 111 cm³/mol. The number of aromatic nitrogens is 3. The van der Waals surface area contributed by atoms with Gasteiger partial charge in [-0.3, -0.25) is 10.2 Å². The number of hydrogen-bond acceptors (Lipinski definition) is 8. The summed E-state index contributed by atoms with van der Waals surface area (Å²) in [6.07, 6.45) is 1.39. The Morgan fingerprint density at radius 1 is 1.26 bits per heavy atom. The molecule has 0 unspecified atom stereocenters. The molecule has 4 rings (SSSR count). The summed E-state index contributed by atoms with van der Waals surface area (Å²) < 4.78 is 34.4. The molecule has 1 N–H and O–H groups in total. The molecule has 1 fully saturated rings. The molecule has 1 aliphatic heterocycles. The Balaban J connectivity index is 1.31. The first kappa shape index (κ1) is 21.1. The van der Waals surface area contributed by atoms with Crippen LogP contribution in [0.5, 0.6) is 11.6 Å². The lowest BCUT2D eigenvalue weighted by Crippen LogP contribution is -2.49. The van der Waals surface area contributed by atoms with Gasteiger partial charge in [0, 0.05) is 32.7 Å². The third-order valence-corrected chi connectivity index (χ3v) is 5.64. The molecule has 2 aromatic heterocycles. The zero-order valence-corrected chi connectivity index (χ0v) is 17.4. The molecule has 1 aliphatic rings. The van der Waals surface area contributed by atoms with Gasteiger partial charge in [0.15, 0.2) is 15.5 Å². The molecule has 31 heavy (non-hydrogen) atoms. The van der Waals surface area contributed by atoms with Crippen LogP contribution in [-0.4, -0.2) is 70.7 Å². The Labute approximate surface area is 180 Å². The summed E-state index contributed by atoms with van der Waals surface area (Å²) in [6.45, 7) is 0.131. The van der Waals surface area contributed by atoms with Gasteiger partial charge in [-0.05, 0) is 17.7 Å². The summed E-state index contributed by atoms with van der Waals surface area (Å²) in [4.78, 5) is 29.6. The van der Waals surface area contributed by atoms with Crippen LogP contribution in [0.4, 0.5) is 18.7 Å². The van der Waals surface area contributed by atoms with Gasteiger partial charge >= 0.3 is 12.6 Å². The van der Waals surface area contributed by atoms with Crippen LogP contribution in [0.2, 0.25) is 0 Å². The molecule has 3 heterocycles. The van der Waals surface area contributed by atoms with Gasteiger partial charge in [-0.25, -0.2) is 14.8 Å². The lowest BCUT2D eigenvalue weighted by Gasteiger charge is -2.34. The van der Waals surface area contributed by atoms with Crippen molar-refractivity contribution in [3.05, 3.63) is 36.2 Å². The smallest absolute Gasteiger partial charge is 0.387 e. The minimum atomic E-state index is -2.85. The van der Waals surface area contributed by atoms with E-state index in [4.69, 9.17) is 4.74 Å². The molecule has 164 valence electrons. The normalized spacial score (nSPS) is 14.8. The standard InChI is InChI=1S/C19H20F2N6O3S/c1-29-15-14-16(23-11-22-15)31-18(24-14)25-19(28)27-7-5-26(6-8-27)10-12-3-2-4-13(9-12)30-17(20)21/h2-4,9,11,17H,5-8,10H2,1H3,(H,24,25,28). The summed E-state index contributed by atoms with van der Waals surface area (Å²) in [5, 5.41) is 3.24. The molecule has 1 saturated heterocycles. The van der Waals surface area contributed by atoms with Crippen LogP contribution >= 0.6 is 11.3 Å². The number of piperazine rings is 1. The average Bonchev–Trinajstić information content (AvgIpc) is 3.16. The number of hydrogen-bond donors (Lipinski definition) is 1. The zero-order chi connectivity index (χ0) is 21.8. The number of nitrogens with one attached hydrogen (secondary N) is 1. The van der Waals surface area contributed by atoms with Crippen molar-refractivity contribution in [1.29, 1.82) is 0 Å². The number of amides is 2. The average molecular weight is 450 g/mol. The topological polar surface area (TPSA) is 92.7 Å². The highest BCUT2D eigenvalue weighted by Gasteiger charge is 2.22. The lowest BCUT2D eigenvalue weighted by atomic mass is 10.2. The fraction of sp³-hybridized carbons (Fsp3) is 0.368. The molecule has 0 spiro atoms. The lowest BCUT2D eigenvalue weighted by molar-refractivity contribution is -0.0499. The van der Waals surface area contributed by atoms with E-state index in [9.17, 15) is 13.6 Å². The molecule has 2 amide bonds. The van der Waals surface area contributed by atoms with Crippen molar-refractivity contribution >= 4 is 32.8 Å². The molecular formula is C19H20F2N6O3S. The van der Waals surface area contributed by atoms with Gasteiger partial charge in [-0.1, -0.05) is 23.5 Å². The van der Waals surface area contributed by atoms with Crippen molar-refractivity contribution in [2.24, 2.45) is 0 Å². The molecule has 3 aromatic rings. The summed E-state index contributed by atoms with van der Waals surface area (Å²) in [5.41, 5.74) is 1.38. The van der Waals surface area contributed by atoms with Crippen LogP contribution in [-0.2, 0) is 6.54 Å². The minimum Gasteiger partial charge on any atom is -0.479 e. The second kappa shape index (κ2) is 9.35. The highest BCUT2D eigenvalue weighted by molar-refractivity contribution is 7.22. The number of methoxy groups -OCH3 is 1. The first-order chi connectivity index (χ1) is 15.0.